The minimum absolute atomic E-state index is 0.0181. The average Bonchev–Trinajstić information content (AvgIpc) is 3.10. The maximum Gasteiger partial charge on any atom is 0.230 e. The summed E-state index contributed by atoms with van der Waals surface area (Å²) in [5, 5.41) is 6.58. The van der Waals surface area contributed by atoms with Crippen LogP contribution >= 0.6 is 11.6 Å². The Bertz CT molecular complexity index is 912. The summed E-state index contributed by atoms with van der Waals surface area (Å²) in [6.45, 7) is 4.19. The molecule has 152 valence electrons. The van der Waals surface area contributed by atoms with E-state index >= 15 is 0 Å². The van der Waals surface area contributed by atoms with Gasteiger partial charge >= 0.3 is 0 Å². The molecule has 2 aliphatic heterocycles. The van der Waals surface area contributed by atoms with Crippen LogP contribution in [0.2, 0.25) is 5.02 Å². The molecule has 2 fully saturated rings. The highest BCUT2D eigenvalue weighted by Gasteiger charge is 2.50. The molecule has 2 N–H and O–H groups in total. The Morgan fingerprint density at radius 2 is 2.00 bits per heavy atom. The number of halogens is 1. The second-order valence-electron chi connectivity index (χ2n) is 7.99. The Balaban J connectivity index is 1.48. The molecule has 0 bridgehead atoms. The molecule has 1 aromatic carbocycles. The Labute approximate surface area is 174 Å². The minimum Gasteiger partial charge on any atom is -0.356 e. The Kier molecular flexibility index (Phi) is 5.41. The molecule has 29 heavy (non-hydrogen) atoms. The number of nitrogens with one attached hydrogen (secondary N) is 2. The Hall–Kier alpha value is -2.67. The first kappa shape index (κ1) is 19.6. The maximum atomic E-state index is 13.2. The van der Waals surface area contributed by atoms with Gasteiger partial charge in [-0.3, -0.25) is 14.6 Å². The van der Waals surface area contributed by atoms with Crippen molar-refractivity contribution in [2.45, 2.75) is 19.8 Å². The molecule has 1 aromatic heterocycles. The average molecular weight is 414 g/mol. The van der Waals surface area contributed by atoms with Crippen molar-refractivity contribution in [3.05, 3.63) is 52.9 Å². The number of rotatable bonds is 6. The fourth-order valence-electron chi connectivity index (χ4n) is 4.11. The molecule has 2 aromatic rings. The number of amides is 2. The van der Waals surface area contributed by atoms with Gasteiger partial charge in [0.05, 0.1) is 11.1 Å². The van der Waals surface area contributed by atoms with Crippen LogP contribution in [-0.2, 0) is 16.0 Å². The van der Waals surface area contributed by atoms with Crippen molar-refractivity contribution < 1.29 is 9.59 Å². The third-order valence-corrected chi connectivity index (χ3v) is 5.94. The van der Waals surface area contributed by atoms with Crippen LogP contribution in [-0.4, -0.2) is 48.0 Å². The summed E-state index contributed by atoms with van der Waals surface area (Å²) in [5.74, 6) is 1.03. The molecule has 1 unspecified atom stereocenters. The van der Waals surface area contributed by atoms with Crippen molar-refractivity contribution in [2.24, 2.45) is 11.3 Å². The van der Waals surface area contributed by atoms with E-state index in [9.17, 15) is 9.59 Å². The normalized spacial score (nSPS) is 20.1. The quantitative estimate of drug-likeness (QED) is 0.753. The highest BCUT2D eigenvalue weighted by Crippen LogP contribution is 2.38. The van der Waals surface area contributed by atoms with Gasteiger partial charge in [-0.15, -0.1) is 0 Å². The molecule has 7 nitrogen and oxygen atoms in total. The molecule has 0 saturated carbocycles. The van der Waals surface area contributed by atoms with Crippen LogP contribution in [0.25, 0.3) is 0 Å². The molecule has 8 heteroatoms. The molecule has 0 radical (unpaired) electrons. The lowest BCUT2D eigenvalue weighted by molar-refractivity contribution is -0.133. The van der Waals surface area contributed by atoms with Gasteiger partial charge < -0.3 is 15.5 Å². The zero-order valence-electron chi connectivity index (χ0n) is 16.3. The first-order valence-corrected chi connectivity index (χ1v) is 10.1. The van der Waals surface area contributed by atoms with Gasteiger partial charge in [-0.25, -0.2) is 4.98 Å². The van der Waals surface area contributed by atoms with Gasteiger partial charge in [0.1, 0.15) is 5.82 Å². The topological polar surface area (TPSA) is 87.2 Å². The van der Waals surface area contributed by atoms with Crippen LogP contribution in [0.5, 0.6) is 0 Å². The summed E-state index contributed by atoms with van der Waals surface area (Å²) in [6.07, 6.45) is 4.43. The molecular weight excluding hydrogens is 390 g/mol. The standard InChI is InChI=1S/C21H24ClN5O2/c1-14-19(24-7-6-23-14)27-12-21(13-27,9-15-2-4-17(22)5-3-15)20(29)26-11-16-8-18(28)25-10-16/h2-7,16H,8-13H2,1H3,(H,25,28)(H,26,29). The van der Waals surface area contributed by atoms with Crippen LogP contribution < -0.4 is 15.5 Å². The summed E-state index contributed by atoms with van der Waals surface area (Å²) in [6, 6.07) is 7.63. The SMILES string of the molecule is Cc1nccnc1N1CC(Cc2ccc(Cl)cc2)(C(=O)NCC2CNC(=O)C2)C1. The van der Waals surface area contributed by atoms with Crippen LogP contribution in [0.1, 0.15) is 17.7 Å². The third-order valence-electron chi connectivity index (χ3n) is 5.69. The Morgan fingerprint density at radius 3 is 2.66 bits per heavy atom. The van der Waals surface area contributed by atoms with E-state index < -0.39 is 5.41 Å². The van der Waals surface area contributed by atoms with Gasteiger partial charge in [0.15, 0.2) is 0 Å². The maximum absolute atomic E-state index is 13.2. The van der Waals surface area contributed by atoms with Crippen molar-refractivity contribution >= 4 is 29.2 Å². The van der Waals surface area contributed by atoms with E-state index in [0.29, 0.717) is 44.0 Å². The molecule has 0 aliphatic carbocycles. The van der Waals surface area contributed by atoms with E-state index in [1.807, 2.05) is 31.2 Å². The van der Waals surface area contributed by atoms with Gasteiger partial charge in [-0.2, -0.15) is 0 Å². The Morgan fingerprint density at radius 1 is 1.28 bits per heavy atom. The van der Waals surface area contributed by atoms with E-state index in [4.69, 9.17) is 11.6 Å². The highest BCUT2D eigenvalue weighted by molar-refractivity contribution is 6.30. The summed E-state index contributed by atoms with van der Waals surface area (Å²) in [5.41, 5.74) is 1.37. The zero-order chi connectivity index (χ0) is 20.4. The van der Waals surface area contributed by atoms with Gasteiger partial charge in [0.25, 0.3) is 0 Å². The number of hydrogen-bond donors (Lipinski definition) is 2. The number of nitrogens with zero attached hydrogens (tertiary/aromatic N) is 3. The van der Waals surface area contributed by atoms with Crippen molar-refractivity contribution in [3.63, 3.8) is 0 Å². The fourth-order valence-corrected chi connectivity index (χ4v) is 4.23. The molecule has 0 spiro atoms. The lowest BCUT2D eigenvalue weighted by Crippen LogP contribution is -2.65. The smallest absolute Gasteiger partial charge is 0.230 e. The second kappa shape index (κ2) is 7.99. The lowest BCUT2D eigenvalue weighted by Gasteiger charge is -2.50. The molecule has 2 saturated heterocycles. The number of hydrogen-bond acceptors (Lipinski definition) is 5. The molecule has 2 aliphatic rings. The highest BCUT2D eigenvalue weighted by atomic mass is 35.5. The molecular formula is C21H24ClN5O2. The lowest BCUT2D eigenvalue weighted by atomic mass is 9.73. The molecule has 2 amide bonds. The predicted molar refractivity (Wildman–Crippen MR) is 111 cm³/mol. The molecule has 1 atom stereocenters. The number of aromatic nitrogens is 2. The number of carbonyl (C=O) groups is 2. The summed E-state index contributed by atoms with van der Waals surface area (Å²) < 4.78 is 0. The summed E-state index contributed by atoms with van der Waals surface area (Å²) in [7, 11) is 0. The second-order valence-corrected chi connectivity index (χ2v) is 8.43. The summed E-state index contributed by atoms with van der Waals surface area (Å²) in [4.78, 5) is 35.5. The number of benzene rings is 1. The first-order valence-electron chi connectivity index (χ1n) is 9.77. The van der Waals surface area contributed by atoms with Crippen LogP contribution in [0.4, 0.5) is 5.82 Å². The van der Waals surface area contributed by atoms with E-state index in [1.54, 1.807) is 12.4 Å². The van der Waals surface area contributed by atoms with Crippen molar-refractivity contribution in [1.29, 1.82) is 0 Å². The van der Waals surface area contributed by atoms with E-state index in [0.717, 1.165) is 17.1 Å². The first-order chi connectivity index (χ1) is 13.9. The number of aryl methyl sites for hydroxylation is 1. The van der Waals surface area contributed by atoms with Gasteiger partial charge in [0.2, 0.25) is 11.8 Å². The number of anilines is 1. The largest absolute Gasteiger partial charge is 0.356 e. The van der Waals surface area contributed by atoms with Gasteiger partial charge in [0, 0.05) is 55.9 Å². The minimum atomic E-state index is -0.548. The van der Waals surface area contributed by atoms with Crippen molar-refractivity contribution in [3.8, 4) is 0 Å². The van der Waals surface area contributed by atoms with Crippen LogP contribution in [0.15, 0.2) is 36.7 Å². The zero-order valence-corrected chi connectivity index (χ0v) is 17.1. The molecule has 3 heterocycles. The van der Waals surface area contributed by atoms with Crippen molar-refractivity contribution in [1.82, 2.24) is 20.6 Å². The van der Waals surface area contributed by atoms with E-state index in [-0.39, 0.29) is 17.7 Å². The van der Waals surface area contributed by atoms with E-state index in [2.05, 4.69) is 25.5 Å². The van der Waals surface area contributed by atoms with Crippen molar-refractivity contribution in [2.75, 3.05) is 31.1 Å². The van der Waals surface area contributed by atoms with Gasteiger partial charge in [-0.1, -0.05) is 23.7 Å². The monoisotopic (exact) mass is 413 g/mol. The van der Waals surface area contributed by atoms with Crippen LogP contribution in [0.3, 0.4) is 0 Å². The fraction of sp³-hybridized carbons (Fsp3) is 0.429. The predicted octanol–water partition coefficient (Wildman–Crippen LogP) is 1.74. The number of carbonyl (C=O) groups excluding carboxylic acids is 2. The molecule has 4 rings (SSSR count). The third kappa shape index (κ3) is 4.19. The summed E-state index contributed by atoms with van der Waals surface area (Å²) >= 11 is 6.01. The van der Waals surface area contributed by atoms with Crippen LogP contribution in [0, 0.1) is 18.3 Å². The van der Waals surface area contributed by atoms with E-state index in [1.165, 1.54) is 0 Å². The van der Waals surface area contributed by atoms with Gasteiger partial charge in [-0.05, 0) is 31.0 Å².